The number of benzene rings is 1. The highest BCUT2D eigenvalue weighted by Crippen LogP contribution is 2.29. The van der Waals surface area contributed by atoms with E-state index in [1.54, 1.807) is 42.2 Å². The molecule has 0 unspecified atom stereocenters. The number of aromatic nitrogens is 3. The molecule has 6 heteroatoms. The van der Waals surface area contributed by atoms with Crippen LogP contribution in [-0.4, -0.2) is 28.6 Å². The Balaban J connectivity index is 2.25. The molecule has 0 aliphatic heterocycles. The van der Waals surface area contributed by atoms with E-state index < -0.39 is 0 Å². The number of imidazole rings is 1. The fourth-order valence-electron chi connectivity index (χ4n) is 2.07. The van der Waals surface area contributed by atoms with Crippen LogP contribution in [-0.2, 0) is 0 Å². The van der Waals surface area contributed by atoms with Crippen molar-refractivity contribution in [3.05, 3.63) is 42.6 Å². The van der Waals surface area contributed by atoms with Crippen molar-refractivity contribution in [1.29, 1.82) is 0 Å². The molecule has 0 atom stereocenters. The van der Waals surface area contributed by atoms with E-state index in [0.29, 0.717) is 28.5 Å². The fraction of sp³-hybridized carbons (Fsp3) is 0.143. The lowest BCUT2D eigenvalue weighted by atomic mass is 10.1. The minimum absolute atomic E-state index is 0.344. The maximum Gasteiger partial charge on any atom is 0.258 e. The van der Waals surface area contributed by atoms with Crippen LogP contribution in [0.25, 0.3) is 16.9 Å². The molecule has 0 saturated carbocycles. The summed E-state index contributed by atoms with van der Waals surface area (Å²) in [6.07, 6.45) is 4.87. The molecule has 5 nitrogen and oxygen atoms in total. The minimum atomic E-state index is -0.344. The fourth-order valence-corrected chi connectivity index (χ4v) is 2.07. The smallest absolute Gasteiger partial charge is 0.258 e. The van der Waals surface area contributed by atoms with Gasteiger partial charge in [0.15, 0.2) is 0 Å². The van der Waals surface area contributed by atoms with Crippen molar-refractivity contribution in [2.45, 2.75) is 0 Å². The lowest BCUT2D eigenvalue weighted by Gasteiger charge is -2.07. The Morgan fingerprint density at radius 1 is 1.15 bits per heavy atom. The van der Waals surface area contributed by atoms with E-state index in [0.717, 1.165) is 0 Å². The summed E-state index contributed by atoms with van der Waals surface area (Å²) < 4.78 is 26.0. The lowest BCUT2D eigenvalue weighted by molar-refractivity contribution is 0.400. The number of ether oxygens (including phenoxy) is 2. The number of nitrogens with zero attached hydrogens (tertiary/aromatic N) is 3. The highest BCUT2D eigenvalue weighted by Gasteiger charge is 2.14. The van der Waals surface area contributed by atoms with Gasteiger partial charge in [0, 0.05) is 18.0 Å². The summed E-state index contributed by atoms with van der Waals surface area (Å²) in [5, 5.41) is 0. The first-order chi connectivity index (χ1) is 9.74. The van der Waals surface area contributed by atoms with Crippen molar-refractivity contribution < 1.29 is 13.9 Å². The summed E-state index contributed by atoms with van der Waals surface area (Å²) in [6, 6.07) is 4.57. The van der Waals surface area contributed by atoms with Gasteiger partial charge in [-0.2, -0.15) is 0 Å². The molecule has 0 saturated heterocycles. The predicted molar refractivity (Wildman–Crippen MR) is 71.5 cm³/mol. The monoisotopic (exact) mass is 273 g/mol. The Hall–Kier alpha value is -2.63. The van der Waals surface area contributed by atoms with Crippen molar-refractivity contribution in [3.63, 3.8) is 0 Å². The van der Waals surface area contributed by atoms with Crippen LogP contribution in [0.3, 0.4) is 0 Å². The van der Waals surface area contributed by atoms with Gasteiger partial charge in [-0.3, -0.25) is 4.40 Å². The number of fused-ring (bicyclic) bond motifs is 1. The second-order valence-corrected chi connectivity index (χ2v) is 4.12. The van der Waals surface area contributed by atoms with E-state index in [2.05, 4.69) is 9.97 Å². The van der Waals surface area contributed by atoms with Crippen LogP contribution < -0.4 is 9.47 Å². The minimum Gasteiger partial charge on any atom is -0.497 e. The number of rotatable bonds is 3. The molecule has 0 radical (unpaired) electrons. The molecule has 0 aliphatic carbocycles. The van der Waals surface area contributed by atoms with E-state index in [1.807, 2.05) is 0 Å². The van der Waals surface area contributed by atoms with Crippen LogP contribution in [0.15, 0.2) is 36.8 Å². The van der Waals surface area contributed by atoms with Gasteiger partial charge in [0.05, 0.1) is 26.1 Å². The molecule has 0 bridgehead atoms. The molecule has 3 rings (SSSR count). The largest absolute Gasteiger partial charge is 0.497 e. The molecule has 2 heterocycles. The Morgan fingerprint density at radius 3 is 2.75 bits per heavy atom. The Kier molecular flexibility index (Phi) is 2.98. The normalized spacial score (nSPS) is 10.8. The molecule has 0 fully saturated rings. The van der Waals surface area contributed by atoms with E-state index in [1.165, 1.54) is 13.2 Å². The molecule has 0 spiro atoms. The van der Waals surface area contributed by atoms with Gasteiger partial charge in [0.1, 0.15) is 11.6 Å². The first-order valence-electron chi connectivity index (χ1n) is 5.94. The van der Waals surface area contributed by atoms with E-state index in [9.17, 15) is 4.39 Å². The van der Waals surface area contributed by atoms with Gasteiger partial charge in [-0.15, -0.1) is 0 Å². The zero-order valence-electron chi connectivity index (χ0n) is 11.0. The number of methoxy groups -OCH3 is 2. The van der Waals surface area contributed by atoms with Gasteiger partial charge >= 0.3 is 0 Å². The van der Waals surface area contributed by atoms with Gasteiger partial charge in [0.25, 0.3) is 5.88 Å². The second-order valence-electron chi connectivity index (χ2n) is 4.12. The zero-order chi connectivity index (χ0) is 14.1. The average molecular weight is 273 g/mol. The van der Waals surface area contributed by atoms with Gasteiger partial charge in [-0.25, -0.2) is 14.4 Å². The predicted octanol–water partition coefficient (Wildman–Crippen LogP) is 2.55. The average Bonchev–Trinajstić information content (AvgIpc) is 2.91. The summed E-state index contributed by atoms with van der Waals surface area (Å²) >= 11 is 0. The zero-order valence-corrected chi connectivity index (χ0v) is 11.0. The molecule has 0 N–H and O–H groups in total. The summed E-state index contributed by atoms with van der Waals surface area (Å²) in [7, 11) is 3.06. The molecule has 3 aromatic rings. The van der Waals surface area contributed by atoms with E-state index in [4.69, 9.17) is 9.47 Å². The quantitative estimate of drug-likeness (QED) is 0.736. The van der Waals surface area contributed by atoms with Crippen LogP contribution in [0.2, 0.25) is 0 Å². The highest BCUT2D eigenvalue weighted by molar-refractivity contribution is 5.67. The van der Waals surface area contributed by atoms with Gasteiger partial charge in [-0.05, 0) is 18.2 Å². The van der Waals surface area contributed by atoms with Gasteiger partial charge < -0.3 is 9.47 Å². The van der Waals surface area contributed by atoms with E-state index in [-0.39, 0.29) is 5.82 Å². The molecule has 0 amide bonds. The van der Waals surface area contributed by atoms with Crippen molar-refractivity contribution in [2.75, 3.05) is 14.2 Å². The Labute approximate surface area is 114 Å². The van der Waals surface area contributed by atoms with Crippen LogP contribution in [0.5, 0.6) is 11.6 Å². The topological polar surface area (TPSA) is 48.7 Å². The maximum absolute atomic E-state index is 14.0. The van der Waals surface area contributed by atoms with Crippen LogP contribution in [0, 0.1) is 5.82 Å². The van der Waals surface area contributed by atoms with Crippen molar-refractivity contribution in [3.8, 4) is 22.9 Å². The third kappa shape index (κ3) is 1.85. The van der Waals surface area contributed by atoms with Crippen LogP contribution in [0.4, 0.5) is 4.39 Å². The SMILES string of the molecule is COc1ccc(F)c(-c2cnc3c(OC)nccn23)c1. The van der Waals surface area contributed by atoms with Gasteiger partial charge in [-0.1, -0.05) is 0 Å². The lowest BCUT2D eigenvalue weighted by Crippen LogP contribution is -1.96. The summed E-state index contributed by atoms with van der Waals surface area (Å²) in [4.78, 5) is 8.29. The molecule has 1 aromatic carbocycles. The molecule has 20 heavy (non-hydrogen) atoms. The first-order valence-corrected chi connectivity index (χ1v) is 5.94. The molecular formula is C14H12FN3O2. The number of hydrogen-bond acceptors (Lipinski definition) is 4. The molecule has 0 aliphatic rings. The van der Waals surface area contributed by atoms with Gasteiger partial charge in [0.2, 0.25) is 5.65 Å². The van der Waals surface area contributed by atoms with Crippen molar-refractivity contribution >= 4 is 5.65 Å². The van der Waals surface area contributed by atoms with Crippen LogP contribution in [0.1, 0.15) is 0 Å². The second kappa shape index (κ2) is 4.80. The first kappa shape index (κ1) is 12.4. The molecule has 2 aromatic heterocycles. The summed E-state index contributed by atoms with van der Waals surface area (Å²) in [5.74, 6) is 0.628. The van der Waals surface area contributed by atoms with Crippen molar-refractivity contribution in [2.24, 2.45) is 0 Å². The maximum atomic E-state index is 14.0. The highest BCUT2D eigenvalue weighted by atomic mass is 19.1. The third-order valence-electron chi connectivity index (χ3n) is 3.04. The van der Waals surface area contributed by atoms with Crippen LogP contribution >= 0.6 is 0 Å². The Morgan fingerprint density at radius 2 is 2.00 bits per heavy atom. The standard InChI is InChI=1S/C14H12FN3O2/c1-19-9-3-4-11(15)10(7-9)12-8-17-13-14(20-2)16-5-6-18(12)13/h3-8H,1-2H3. The summed E-state index contributed by atoms with van der Waals surface area (Å²) in [6.45, 7) is 0. The molecular weight excluding hydrogens is 261 g/mol. The third-order valence-corrected chi connectivity index (χ3v) is 3.04. The number of hydrogen-bond donors (Lipinski definition) is 0. The van der Waals surface area contributed by atoms with Crippen molar-refractivity contribution in [1.82, 2.24) is 14.4 Å². The summed E-state index contributed by atoms with van der Waals surface area (Å²) in [5.41, 5.74) is 1.55. The van der Waals surface area contributed by atoms with E-state index >= 15 is 0 Å². The Bertz CT molecular complexity index is 770. The number of halogens is 1. The molecule has 102 valence electrons.